The summed E-state index contributed by atoms with van der Waals surface area (Å²) >= 11 is 0. The van der Waals surface area contributed by atoms with Crippen LogP contribution in [-0.4, -0.2) is 23.5 Å². The van der Waals surface area contributed by atoms with Crippen LogP contribution in [0.25, 0.3) is 0 Å². The van der Waals surface area contributed by atoms with E-state index >= 15 is 0 Å². The Kier molecular flexibility index (Phi) is 6.22. The fourth-order valence-electron chi connectivity index (χ4n) is 1.84. The number of benzene rings is 1. The van der Waals surface area contributed by atoms with E-state index in [-0.39, 0.29) is 18.6 Å². The van der Waals surface area contributed by atoms with Crippen LogP contribution in [-0.2, 0) is 4.79 Å². The van der Waals surface area contributed by atoms with Gasteiger partial charge in [-0.25, -0.2) is 0 Å². The molecule has 0 aromatic heterocycles. The Morgan fingerprint density at radius 3 is 2.50 bits per heavy atom. The van der Waals surface area contributed by atoms with Crippen LogP contribution in [0.15, 0.2) is 18.2 Å². The molecule has 0 radical (unpaired) electrons. The standard InChI is InChI=1S/C16H22O4/c1-11(2)10-20-13-7-8-14(12(3)9-13)15(17)5-4-6-16(18)19/h7-9,11H,4-6,10H2,1-3H3,(H,18,19). The molecule has 0 fully saturated rings. The van der Waals surface area contributed by atoms with Gasteiger partial charge in [0.1, 0.15) is 5.75 Å². The first-order chi connectivity index (χ1) is 9.40. The number of hydrogen-bond acceptors (Lipinski definition) is 3. The lowest BCUT2D eigenvalue weighted by atomic mass is 10.0. The molecule has 4 nitrogen and oxygen atoms in total. The summed E-state index contributed by atoms with van der Waals surface area (Å²) in [5.41, 5.74) is 1.51. The van der Waals surface area contributed by atoms with Crippen LogP contribution in [0, 0.1) is 12.8 Å². The molecule has 0 aliphatic carbocycles. The molecular weight excluding hydrogens is 256 g/mol. The molecule has 1 aromatic rings. The quantitative estimate of drug-likeness (QED) is 0.739. The summed E-state index contributed by atoms with van der Waals surface area (Å²) in [5.74, 6) is 0.331. The smallest absolute Gasteiger partial charge is 0.303 e. The first-order valence-electron chi connectivity index (χ1n) is 6.88. The third-order valence-electron chi connectivity index (χ3n) is 2.88. The van der Waals surface area contributed by atoms with Gasteiger partial charge in [-0.2, -0.15) is 0 Å². The molecule has 1 rings (SSSR count). The Morgan fingerprint density at radius 2 is 1.95 bits per heavy atom. The van der Waals surface area contributed by atoms with E-state index in [0.29, 0.717) is 24.5 Å². The summed E-state index contributed by atoms with van der Waals surface area (Å²) in [6.45, 7) is 6.67. The maximum atomic E-state index is 12.0. The second-order valence-electron chi connectivity index (χ2n) is 5.35. The van der Waals surface area contributed by atoms with E-state index in [2.05, 4.69) is 13.8 Å². The number of carbonyl (C=O) groups excluding carboxylic acids is 1. The Labute approximate surface area is 119 Å². The Balaban J connectivity index is 2.62. The van der Waals surface area contributed by atoms with Gasteiger partial charge in [0, 0.05) is 18.4 Å². The summed E-state index contributed by atoms with van der Waals surface area (Å²) < 4.78 is 5.61. The van der Waals surface area contributed by atoms with Crippen molar-refractivity contribution in [1.82, 2.24) is 0 Å². The number of ketones is 1. The van der Waals surface area contributed by atoms with Gasteiger partial charge in [-0.15, -0.1) is 0 Å². The molecule has 0 bridgehead atoms. The van der Waals surface area contributed by atoms with Gasteiger partial charge in [0.2, 0.25) is 0 Å². The molecular formula is C16H22O4. The number of carbonyl (C=O) groups is 2. The second kappa shape index (κ2) is 7.68. The number of aliphatic carboxylic acids is 1. The maximum Gasteiger partial charge on any atom is 0.303 e. The summed E-state index contributed by atoms with van der Waals surface area (Å²) in [6.07, 6.45) is 0.666. The SMILES string of the molecule is Cc1cc(OCC(C)C)ccc1C(=O)CCCC(=O)O. The first-order valence-corrected chi connectivity index (χ1v) is 6.88. The van der Waals surface area contributed by atoms with Crippen LogP contribution in [0.5, 0.6) is 5.75 Å². The number of Topliss-reactive ketones (excluding diaryl/α,β-unsaturated/α-hetero) is 1. The van der Waals surface area contributed by atoms with Gasteiger partial charge in [-0.3, -0.25) is 9.59 Å². The summed E-state index contributed by atoms with van der Waals surface area (Å²) in [6, 6.07) is 5.40. The Hall–Kier alpha value is -1.84. The largest absolute Gasteiger partial charge is 0.493 e. The van der Waals surface area contributed by atoms with Gasteiger partial charge in [-0.1, -0.05) is 13.8 Å². The van der Waals surface area contributed by atoms with E-state index in [9.17, 15) is 9.59 Å². The zero-order chi connectivity index (χ0) is 15.1. The predicted molar refractivity (Wildman–Crippen MR) is 77.3 cm³/mol. The molecule has 0 saturated carbocycles. The second-order valence-corrected chi connectivity index (χ2v) is 5.35. The van der Waals surface area contributed by atoms with E-state index in [0.717, 1.165) is 11.3 Å². The summed E-state index contributed by atoms with van der Waals surface area (Å²) in [7, 11) is 0. The van der Waals surface area contributed by atoms with Crippen LogP contribution >= 0.6 is 0 Å². The topological polar surface area (TPSA) is 63.6 Å². The molecule has 110 valence electrons. The number of hydrogen-bond donors (Lipinski definition) is 1. The molecule has 0 aliphatic rings. The average Bonchev–Trinajstić information content (AvgIpc) is 2.35. The van der Waals surface area contributed by atoms with Gasteiger partial charge in [0.15, 0.2) is 5.78 Å². The minimum absolute atomic E-state index is 0.0147. The summed E-state index contributed by atoms with van der Waals surface area (Å²) in [5, 5.41) is 8.56. The van der Waals surface area contributed by atoms with Gasteiger partial charge in [0.05, 0.1) is 6.61 Å². The van der Waals surface area contributed by atoms with Crippen molar-refractivity contribution in [2.45, 2.75) is 40.0 Å². The highest BCUT2D eigenvalue weighted by atomic mass is 16.5. The third-order valence-corrected chi connectivity index (χ3v) is 2.88. The molecule has 4 heteroatoms. The zero-order valence-electron chi connectivity index (χ0n) is 12.3. The lowest BCUT2D eigenvalue weighted by Gasteiger charge is -2.11. The van der Waals surface area contributed by atoms with Crippen LogP contribution in [0.4, 0.5) is 0 Å². The lowest BCUT2D eigenvalue weighted by Crippen LogP contribution is -2.06. The molecule has 1 aromatic carbocycles. The molecule has 0 aliphatic heterocycles. The van der Waals surface area contributed by atoms with E-state index in [1.807, 2.05) is 13.0 Å². The molecule has 1 N–H and O–H groups in total. The molecule has 20 heavy (non-hydrogen) atoms. The normalized spacial score (nSPS) is 10.6. The van der Waals surface area contributed by atoms with E-state index in [1.54, 1.807) is 12.1 Å². The Bertz CT molecular complexity index is 477. The van der Waals surface area contributed by atoms with Crippen LogP contribution in [0.3, 0.4) is 0 Å². The predicted octanol–water partition coefficient (Wildman–Crippen LogP) is 3.47. The lowest BCUT2D eigenvalue weighted by molar-refractivity contribution is -0.137. The zero-order valence-corrected chi connectivity index (χ0v) is 12.3. The van der Waals surface area contributed by atoms with Crippen LogP contribution in [0.1, 0.15) is 49.0 Å². The summed E-state index contributed by atoms with van der Waals surface area (Å²) in [4.78, 5) is 22.4. The van der Waals surface area contributed by atoms with E-state index in [1.165, 1.54) is 0 Å². The van der Waals surface area contributed by atoms with Crippen molar-refractivity contribution in [3.8, 4) is 5.75 Å². The molecule has 0 atom stereocenters. The van der Waals surface area contributed by atoms with Gasteiger partial charge >= 0.3 is 5.97 Å². The molecule has 0 amide bonds. The first kappa shape index (κ1) is 16.2. The van der Waals surface area contributed by atoms with Crippen molar-refractivity contribution in [3.05, 3.63) is 29.3 Å². The van der Waals surface area contributed by atoms with Gasteiger partial charge < -0.3 is 9.84 Å². The number of aryl methyl sites for hydroxylation is 1. The van der Waals surface area contributed by atoms with Gasteiger partial charge in [-0.05, 0) is 43.0 Å². The minimum atomic E-state index is -0.869. The minimum Gasteiger partial charge on any atom is -0.493 e. The number of carboxylic acids is 1. The number of carboxylic acid groups (broad SMARTS) is 1. The monoisotopic (exact) mass is 278 g/mol. The third kappa shape index (κ3) is 5.43. The van der Waals surface area contributed by atoms with E-state index in [4.69, 9.17) is 9.84 Å². The van der Waals surface area contributed by atoms with Crippen LogP contribution in [0.2, 0.25) is 0 Å². The highest BCUT2D eigenvalue weighted by Gasteiger charge is 2.11. The van der Waals surface area contributed by atoms with Crippen molar-refractivity contribution in [3.63, 3.8) is 0 Å². The van der Waals surface area contributed by atoms with Gasteiger partial charge in [0.25, 0.3) is 0 Å². The highest BCUT2D eigenvalue weighted by Crippen LogP contribution is 2.20. The molecule has 0 spiro atoms. The maximum absolute atomic E-state index is 12.0. The Morgan fingerprint density at radius 1 is 1.25 bits per heavy atom. The van der Waals surface area contributed by atoms with Crippen molar-refractivity contribution in [1.29, 1.82) is 0 Å². The number of rotatable bonds is 8. The average molecular weight is 278 g/mol. The molecule has 0 saturated heterocycles. The highest BCUT2D eigenvalue weighted by molar-refractivity contribution is 5.97. The molecule has 0 unspecified atom stereocenters. The number of ether oxygens (including phenoxy) is 1. The fraction of sp³-hybridized carbons (Fsp3) is 0.500. The van der Waals surface area contributed by atoms with Crippen molar-refractivity contribution >= 4 is 11.8 Å². The van der Waals surface area contributed by atoms with Crippen molar-refractivity contribution < 1.29 is 19.4 Å². The van der Waals surface area contributed by atoms with Crippen LogP contribution < -0.4 is 4.74 Å². The molecule has 0 heterocycles. The fourth-order valence-corrected chi connectivity index (χ4v) is 1.84. The van der Waals surface area contributed by atoms with Crippen molar-refractivity contribution in [2.75, 3.05) is 6.61 Å². The van der Waals surface area contributed by atoms with E-state index < -0.39 is 5.97 Å². The van der Waals surface area contributed by atoms with Crippen molar-refractivity contribution in [2.24, 2.45) is 5.92 Å².